The van der Waals surface area contributed by atoms with Crippen LogP contribution in [0.5, 0.6) is 0 Å². The first kappa shape index (κ1) is 11.8. The summed E-state index contributed by atoms with van der Waals surface area (Å²) in [6.45, 7) is 1.24. The molecule has 0 aromatic heterocycles. The van der Waals surface area contributed by atoms with Crippen LogP contribution in [0.4, 0.5) is 0 Å². The summed E-state index contributed by atoms with van der Waals surface area (Å²) in [6.07, 6.45) is 2.76. The molecule has 0 amide bonds. The highest BCUT2D eigenvalue weighted by Crippen LogP contribution is 2.41. The Morgan fingerprint density at radius 3 is 2.19 bits per heavy atom. The first-order valence-corrected chi connectivity index (χ1v) is 5.76. The number of carboxylic acids is 1. The van der Waals surface area contributed by atoms with Gasteiger partial charge in [0.2, 0.25) is 0 Å². The zero-order chi connectivity index (χ0) is 11.6. The molecule has 92 valence electrons. The highest BCUT2D eigenvalue weighted by molar-refractivity contribution is 5.66. The number of aliphatic hydroxyl groups is 1. The molecular weight excluding hydrogens is 212 g/mol. The van der Waals surface area contributed by atoms with E-state index in [9.17, 15) is 9.90 Å². The zero-order valence-corrected chi connectivity index (χ0v) is 9.28. The molecule has 1 aliphatic heterocycles. The van der Waals surface area contributed by atoms with Gasteiger partial charge in [-0.1, -0.05) is 0 Å². The zero-order valence-electron chi connectivity index (χ0n) is 9.28. The molecule has 1 heterocycles. The Labute approximate surface area is 94.4 Å². The Balaban J connectivity index is 1.85. The lowest BCUT2D eigenvalue weighted by atomic mass is 9.79. The van der Waals surface area contributed by atoms with E-state index in [0.717, 1.165) is 0 Å². The van der Waals surface area contributed by atoms with Crippen molar-refractivity contribution in [3.63, 3.8) is 0 Å². The van der Waals surface area contributed by atoms with E-state index in [-0.39, 0.29) is 6.42 Å². The smallest absolute Gasteiger partial charge is 0.303 e. The molecule has 5 heteroatoms. The van der Waals surface area contributed by atoms with E-state index in [1.807, 2.05) is 0 Å². The van der Waals surface area contributed by atoms with Crippen molar-refractivity contribution >= 4 is 5.97 Å². The molecule has 5 nitrogen and oxygen atoms in total. The maximum Gasteiger partial charge on any atom is 0.303 e. The van der Waals surface area contributed by atoms with E-state index < -0.39 is 17.4 Å². The number of aliphatic carboxylic acids is 1. The molecule has 0 unspecified atom stereocenters. The summed E-state index contributed by atoms with van der Waals surface area (Å²) >= 11 is 0. The number of carbonyl (C=O) groups is 1. The van der Waals surface area contributed by atoms with Gasteiger partial charge in [-0.05, 0) is 19.3 Å². The number of rotatable bonds is 3. The molecule has 0 bridgehead atoms. The van der Waals surface area contributed by atoms with Crippen molar-refractivity contribution in [2.24, 2.45) is 0 Å². The van der Waals surface area contributed by atoms with E-state index in [4.69, 9.17) is 14.6 Å². The minimum absolute atomic E-state index is 0.0191. The van der Waals surface area contributed by atoms with Crippen LogP contribution in [-0.2, 0) is 14.3 Å². The SMILES string of the molecule is O=C(O)CCC1(O)CCC2(CC1)OCCO2. The Hall–Kier alpha value is -0.650. The van der Waals surface area contributed by atoms with E-state index >= 15 is 0 Å². The van der Waals surface area contributed by atoms with E-state index in [2.05, 4.69) is 0 Å². The van der Waals surface area contributed by atoms with Crippen molar-refractivity contribution in [1.29, 1.82) is 0 Å². The second-order valence-corrected chi connectivity index (χ2v) is 4.73. The van der Waals surface area contributed by atoms with Gasteiger partial charge in [0.05, 0.1) is 18.8 Å². The van der Waals surface area contributed by atoms with Crippen LogP contribution >= 0.6 is 0 Å². The first-order valence-electron chi connectivity index (χ1n) is 5.76. The van der Waals surface area contributed by atoms with E-state index in [0.29, 0.717) is 45.3 Å². The largest absolute Gasteiger partial charge is 0.481 e. The normalized spacial score (nSPS) is 27.1. The van der Waals surface area contributed by atoms with Crippen LogP contribution in [0.3, 0.4) is 0 Å². The van der Waals surface area contributed by atoms with Crippen molar-refractivity contribution in [1.82, 2.24) is 0 Å². The molecule has 0 aromatic carbocycles. The fraction of sp³-hybridized carbons (Fsp3) is 0.909. The van der Waals surface area contributed by atoms with Crippen LogP contribution in [0.1, 0.15) is 38.5 Å². The van der Waals surface area contributed by atoms with Gasteiger partial charge < -0.3 is 19.7 Å². The summed E-state index contributed by atoms with van der Waals surface area (Å²) in [5.74, 6) is -1.35. The number of hydrogen-bond acceptors (Lipinski definition) is 4. The first-order chi connectivity index (χ1) is 7.54. The average molecular weight is 230 g/mol. The summed E-state index contributed by atoms with van der Waals surface area (Å²) in [7, 11) is 0. The van der Waals surface area contributed by atoms with Crippen molar-refractivity contribution in [3.05, 3.63) is 0 Å². The molecule has 2 fully saturated rings. The van der Waals surface area contributed by atoms with Crippen LogP contribution < -0.4 is 0 Å². The van der Waals surface area contributed by atoms with Crippen LogP contribution in [0.25, 0.3) is 0 Å². The molecule has 2 N–H and O–H groups in total. The minimum Gasteiger partial charge on any atom is -0.481 e. The number of ether oxygens (including phenoxy) is 2. The van der Waals surface area contributed by atoms with Gasteiger partial charge >= 0.3 is 5.97 Å². The van der Waals surface area contributed by atoms with Crippen molar-refractivity contribution < 1.29 is 24.5 Å². The minimum atomic E-state index is -0.859. The van der Waals surface area contributed by atoms with Gasteiger partial charge in [-0.15, -0.1) is 0 Å². The standard InChI is InChI=1S/C11H18O5/c12-9(13)1-2-10(14)3-5-11(6-4-10)15-7-8-16-11/h14H,1-8H2,(H,12,13). The lowest BCUT2D eigenvalue weighted by Gasteiger charge is -2.40. The molecule has 1 spiro atoms. The predicted octanol–water partition coefficient (Wildman–Crippen LogP) is 0.899. The monoisotopic (exact) mass is 230 g/mol. The van der Waals surface area contributed by atoms with Gasteiger partial charge in [0, 0.05) is 19.3 Å². The maximum absolute atomic E-state index is 10.5. The summed E-state index contributed by atoms with van der Waals surface area (Å²) in [4.78, 5) is 10.5. The number of carboxylic acid groups (broad SMARTS) is 1. The summed E-state index contributed by atoms with van der Waals surface area (Å²) in [5, 5.41) is 18.8. The van der Waals surface area contributed by atoms with Crippen molar-refractivity contribution in [3.8, 4) is 0 Å². The van der Waals surface area contributed by atoms with Gasteiger partial charge in [0.1, 0.15) is 0 Å². The Morgan fingerprint density at radius 2 is 1.69 bits per heavy atom. The maximum atomic E-state index is 10.5. The van der Waals surface area contributed by atoms with Gasteiger partial charge in [-0.3, -0.25) is 4.79 Å². The highest BCUT2D eigenvalue weighted by Gasteiger charge is 2.45. The molecule has 2 aliphatic rings. The third-order valence-corrected chi connectivity index (χ3v) is 3.56. The Bertz CT molecular complexity index is 260. The third kappa shape index (κ3) is 2.53. The second kappa shape index (κ2) is 4.31. The van der Waals surface area contributed by atoms with E-state index in [1.165, 1.54) is 0 Å². The van der Waals surface area contributed by atoms with Crippen molar-refractivity contribution in [2.75, 3.05) is 13.2 Å². The predicted molar refractivity (Wildman–Crippen MR) is 54.9 cm³/mol. The fourth-order valence-corrected chi connectivity index (χ4v) is 2.47. The topological polar surface area (TPSA) is 76.0 Å². The van der Waals surface area contributed by atoms with Crippen LogP contribution in [0.15, 0.2) is 0 Å². The Morgan fingerprint density at radius 1 is 1.12 bits per heavy atom. The summed E-state index contributed by atoms with van der Waals surface area (Å²) in [5.41, 5.74) is -0.848. The van der Waals surface area contributed by atoms with E-state index in [1.54, 1.807) is 0 Å². The van der Waals surface area contributed by atoms with Gasteiger partial charge in [-0.2, -0.15) is 0 Å². The molecule has 1 aliphatic carbocycles. The van der Waals surface area contributed by atoms with Crippen LogP contribution in [0.2, 0.25) is 0 Å². The Kier molecular flexibility index (Phi) is 3.19. The molecule has 2 rings (SSSR count). The van der Waals surface area contributed by atoms with Crippen molar-refractivity contribution in [2.45, 2.75) is 49.9 Å². The molecule has 1 saturated heterocycles. The number of hydrogen-bond donors (Lipinski definition) is 2. The molecule has 1 saturated carbocycles. The van der Waals surface area contributed by atoms with Crippen LogP contribution in [-0.4, -0.2) is 40.8 Å². The van der Waals surface area contributed by atoms with Crippen LogP contribution in [0, 0.1) is 0 Å². The lowest BCUT2D eigenvalue weighted by molar-refractivity contribution is -0.203. The van der Waals surface area contributed by atoms with Gasteiger partial charge in [0.15, 0.2) is 5.79 Å². The summed E-state index contributed by atoms with van der Waals surface area (Å²) < 4.78 is 11.1. The fourth-order valence-electron chi connectivity index (χ4n) is 2.47. The lowest BCUT2D eigenvalue weighted by Crippen LogP contribution is -2.43. The van der Waals surface area contributed by atoms with Gasteiger partial charge in [0.25, 0.3) is 0 Å². The van der Waals surface area contributed by atoms with Gasteiger partial charge in [-0.25, -0.2) is 0 Å². The molecular formula is C11H18O5. The average Bonchev–Trinajstić information content (AvgIpc) is 2.70. The molecule has 0 atom stereocenters. The molecule has 0 radical (unpaired) electrons. The highest BCUT2D eigenvalue weighted by atomic mass is 16.7. The second-order valence-electron chi connectivity index (χ2n) is 4.73. The summed E-state index contributed by atoms with van der Waals surface area (Å²) in [6, 6.07) is 0. The molecule has 16 heavy (non-hydrogen) atoms. The third-order valence-electron chi connectivity index (χ3n) is 3.56. The quantitative estimate of drug-likeness (QED) is 0.753. The molecule has 0 aromatic rings.